The number of urea groups is 1. The van der Waals surface area contributed by atoms with Crippen molar-refractivity contribution >= 4 is 22.5 Å². The van der Waals surface area contributed by atoms with E-state index >= 15 is 0 Å². The summed E-state index contributed by atoms with van der Waals surface area (Å²) < 4.78 is 10.7. The van der Waals surface area contributed by atoms with Crippen molar-refractivity contribution in [2.24, 2.45) is 0 Å². The number of nitrogens with zero attached hydrogens (tertiary/aromatic N) is 2. The number of nitrogens with one attached hydrogen (secondary N) is 2. The molecule has 27 heavy (non-hydrogen) atoms. The van der Waals surface area contributed by atoms with Crippen molar-refractivity contribution in [1.29, 1.82) is 0 Å². The fraction of sp³-hybridized carbons (Fsp3) is 0.211. The minimum atomic E-state index is -0.316. The Kier molecular flexibility index (Phi) is 6.22. The number of amides is 2. The normalized spacial score (nSPS) is 10.3. The Morgan fingerprint density at radius 3 is 2.52 bits per heavy atom. The van der Waals surface area contributed by atoms with Crippen LogP contribution in [0.3, 0.4) is 0 Å². The van der Waals surface area contributed by atoms with E-state index < -0.39 is 0 Å². The van der Waals surface area contributed by atoms with Gasteiger partial charge in [-0.2, -0.15) is 0 Å². The first-order valence-corrected chi connectivity index (χ1v) is 9.17. The molecule has 0 unspecified atom stereocenters. The number of anilines is 1. The third-order valence-corrected chi connectivity index (χ3v) is 4.80. The van der Waals surface area contributed by atoms with Crippen LogP contribution in [0.2, 0.25) is 0 Å². The molecule has 2 N–H and O–H groups in total. The molecule has 8 heteroatoms. The summed E-state index contributed by atoms with van der Waals surface area (Å²) in [4.78, 5) is 21.5. The highest BCUT2D eigenvalue weighted by Crippen LogP contribution is 2.32. The molecule has 0 aliphatic rings. The van der Waals surface area contributed by atoms with Crippen molar-refractivity contribution in [3.05, 3.63) is 54.5 Å². The van der Waals surface area contributed by atoms with E-state index in [2.05, 4.69) is 20.6 Å². The maximum Gasteiger partial charge on any atom is 0.321 e. The minimum Gasteiger partial charge on any atom is -0.497 e. The zero-order valence-electron chi connectivity index (χ0n) is 15.1. The van der Waals surface area contributed by atoms with Gasteiger partial charge in [0.2, 0.25) is 0 Å². The standard InChI is InChI=1S/C19H20N4O3S/c1-13-17(14-7-9-20-10-8-14)27-19(22-13)23-18(24)21-11-12-26-16-5-3-15(25-2)4-6-16/h3-10H,11-12H2,1-2H3,(H2,21,22,23,24). The van der Waals surface area contributed by atoms with E-state index in [0.29, 0.717) is 18.3 Å². The molecule has 0 saturated carbocycles. The summed E-state index contributed by atoms with van der Waals surface area (Å²) in [6.45, 7) is 2.65. The molecule has 3 aromatic rings. The van der Waals surface area contributed by atoms with Crippen LogP contribution in [-0.2, 0) is 0 Å². The summed E-state index contributed by atoms with van der Waals surface area (Å²) >= 11 is 1.43. The highest BCUT2D eigenvalue weighted by molar-refractivity contribution is 7.19. The van der Waals surface area contributed by atoms with Gasteiger partial charge in [-0.25, -0.2) is 9.78 Å². The molecule has 3 rings (SSSR count). The Labute approximate surface area is 161 Å². The third-order valence-electron chi connectivity index (χ3n) is 3.68. The monoisotopic (exact) mass is 384 g/mol. The van der Waals surface area contributed by atoms with Crippen molar-refractivity contribution in [3.8, 4) is 21.9 Å². The summed E-state index contributed by atoms with van der Waals surface area (Å²) in [5, 5.41) is 6.05. The number of methoxy groups -OCH3 is 1. The van der Waals surface area contributed by atoms with Gasteiger partial charge in [-0.3, -0.25) is 10.3 Å². The molecule has 0 aliphatic carbocycles. The predicted molar refractivity (Wildman–Crippen MR) is 106 cm³/mol. The largest absolute Gasteiger partial charge is 0.497 e. The maximum atomic E-state index is 12.0. The predicted octanol–water partition coefficient (Wildman–Crippen LogP) is 3.72. The van der Waals surface area contributed by atoms with Crippen LogP contribution in [0, 0.1) is 6.92 Å². The molecule has 0 radical (unpaired) electrons. The fourth-order valence-corrected chi connectivity index (χ4v) is 3.33. The number of ether oxygens (including phenoxy) is 2. The van der Waals surface area contributed by atoms with E-state index in [4.69, 9.17) is 9.47 Å². The van der Waals surface area contributed by atoms with E-state index in [1.165, 1.54) is 11.3 Å². The number of carbonyl (C=O) groups is 1. The van der Waals surface area contributed by atoms with E-state index in [-0.39, 0.29) is 6.03 Å². The Hall–Kier alpha value is -3.13. The van der Waals surface area contributed by atoms with Gasteiger partial charge in [0, 0.05) is 12.4 Å². The number of carbonyl (C=O) groups excluding carboxylic acids is 1. The lowest BCUT2D eigenvalue weighted by Crippen LogP contribution is -2.32. The number of aryl methyl sites for hydroxylation is 1. The van der Waals surface area contributed by atoms with Gasteiger partial charge >= 0.3 is 6.03 Å². The molecule has 0 aliphatic heterocycles. The second-order valence-corrected chi connectivity index (χ2v) is 6.57. The minimum absolute atomic E-state index is 0.316. The van der Waals surface area contributed by atoms with Crippen LogP contribution in [0.4, 0.5) is 9.93 Å². The van der Waals surface area contributed by atoms with Crippen LogP contribution in [0.15, 0.2) is 48.8 Å². The number of rotatable bonds is 7. The number of hydrogen-bond acceptors (Lipinski definition) is 6. The first kappa shape index (κ1) is 18.7. The number of hydrogen-bond donors (Lipinski definition) is 2. The Morgan fingerprint density at radius 1 is 1.11 bits per heavy atom. The highest BCUT2D eigenvalue weighted by Gasteiger charge is 2.11. The average Bonchev–Trinajstić information content (AvgIpc) is 3.06. The summed E-state index contributed by atoms with van der Waals surface area (Å²) in [7, 11) is 1.61. The molecule has 0 spiro atoms. The van der Waals surface area contributed by atoms with Gasteiger partial charge in [-0.1, -0.05) is 11.3 Å². The second kappa shape index (κ2) is 9.00. The van der Waals surface area contributed by atoms with E-state index in [1.54, 1.807) is 19.5 Å². The van der Waals surface area contributed by atoms with Gasteiger partial charge in [0.25, 0.3) is 0 Å². The van der Waals surface area contributed by atoms with Gasteiger partial charge in [0.15, 0.2) is 5.13 Å². The molecular formula is C19H20N4O3S. The van der Waals surface area contributed by atoms with E-state index in [9.17, 15) is 4.79 Å². The molecule has 0 saturated heterocycles. The molecule has 1 aromatic carbocycles. The molecule has 2 heterocycles. The summed E-state index contributed by atoms with van der Waals surface area (Å²) in [6.07, 6.45) is 3.47. The van der Waals surface area contributed by atoms with Crippen LogP contribution in [-0.4, -0.2) is 36.3 Å². The second-order valence-electron chi connectivity index (χ2n) is 5.57. The molecular weight excluding hydrogens is 364 g/mol. The number of aromatic nitrogens is 2. The van der Waals surface area contributed by atoms with Gasteiger partial charge in [-0.15, -0.1) is 0 Å². The smallest absolute Gasteiger partial charge is 0.321 e. The van der Waals surface area contributed by atoms with E-state index in [1.807, 2.05) is 43.3 Å². The molecule has 2 aromatic heterocycles. The van der Waals surface area contributed by atoms with Crippen molar-refractivity contribution in [1.82, 2.24) is 15.3 Å². The SMILES string of the molecule is COc1ccc(OCCNC(=O)Nc2nc(C)c(-c3ccncc3)s2)cc1. The van der Waals surface area contributed by atoms with Crippen LogP contribution in [0.25, 0.3) is 10.4 Å². The number of pyridine rings is 1. The Balaban J connectivity index is 1.45. The van der Waals surface area contributed by atoms with Gasteiger partial charge in [0.05, 0.1) is 24.2 Å². The highest BCUT2D eigenvalue weighted by atomic mass is 32.1. The summed E-state index contributed by atoms with van der Waals surface area (Å²) in [5.74, 6) is 1.49. The molecule has 0 bridgehead atoms. The van der Waals surface area contributed by atoms with Crippen LogP contribution in [0.5, 0.6) is 11.5 Å². The Bertz CT molecular complexity index is 882. The fourth-order valence-electron chi connectivity index (χ4n) is 2.37. The number of benzene rings is 1. The lowest BCUT2D eigenvalue weighted by molar-refractivity contribution is 0.247. The summed E-state index contributed by atoms with van der Waals surface area (Å²) in [5.41, 5.74) is 1.89. The average molecular weight is 384 g/mol. The topological polar surface area (TPSA) is 85.4 Å². The first-order chi connectivity index (χ1) is 13.2. The quantitative estimate of drug-likeness (QED) is 0.607. The Morgan fingerprint density at radius 2 is 1.81 bits per heavy atom. The van der Waals surface area contributed by atoms with Crippen molar-refractivity contribution < 1.29 is 14.3 Å². The molecule has 0 fully saturated rings. The van der Waals surface area contributed by atoms with Gasteiger partial charge in [0.1, 0.15) is 18.1 Å². The van der Waals surface area contributed by atoms with Crippen molar-refractivity contribution in [2.75, 3.05) is 25.6 Å². The van der Waals surface area contributed by atoms with Crippen molar-refractivity contribution in [3.63, 3.8) is 0 Å². The lowest BCUT2D eigenvalue weighted by atomic mass is 10.2. The van der Waals surface area contributed by atoms with Crippen LogP contribution >= 0.6 is 11.3 Å². The van der Waals surface area contributed by atoms with Crippen molar-refractivity contribution in [2.45, 2.75) is 6.92 Å². The van der Waals surface area contributed by atoms with Crippen LogP contribution in [0.1, 0.15) is 5.69 Å². The third kappa shape index (κ3) is 5.18. The zero-order chi connectivity index (χ0) is 19.1. The molecule has 0 atom stereocenters. The summed E-state index contributed by atoms with van der Waals surface area (Å²) in [6, 6.07) is 10.8. The van der Waals surface area contributed by atoms with Crippen LogP contribution < -0.4 is 20.1 Å². The van der Waals surface area contributed by atoms with E-state index in [0.717, 1.165) is 27.6 Å². The first-order valence-electron chi connectivity index (χ1n) is 8.35. The zero-order valence-corrected chi connectivity index (χ0v) is 15.9. The molecule has 2 amide bonds. The lowest BCUT2D eigenvalue weighted by Gasteiger charge is -2.08. The molecule has 7 nitrogen and oxygen atoms in total. The molecule has 140 valence electrons. The maximum absolute atomic E-state index is 12.0. The number of thiazole rings is 1. The van der Waals surface area contributed by atoms with Gasteiger partial charge < -0.3 is 14.8 Å². The van der Waals surface area contributed by atoms with Gasteiger partial charge in [-0.05, 0) is 48.9 Å².